The third-order valence-electron chi connectivity index (χ3n) is 3.87. The molecular formula is C17H24F2O2. The number of benzene rings is 1. The van der Waals surface area contributed by atoms with Gasteiger partial charge in [-0.15, -0.1) is 0 Å². The number of fused-ring (bicyclic) bond motifs is 1. The van der Waals surface area contributed by atoms with Crippen LogP contribution in [0.15, 0.2) is 6.07 Å². The molecule has 1 atom stereocenters. The molecule has 0 fully saturated rings. The van der Waals surface area contributed by atoms with Gasteiger partial charge in [0.1, 0.15) is 0 Å². The van der Waals surface area contributed by atoms with Gasteiger partial charge in [0.05, 0.1) is 13.2 Å². The molecule has 0 N–H and O–H groups in total. The van der Waals surface area contributed by atoms with Crippen molar-refractivity contribution in [1.29, 1.82) is 0 Å². The minimum atomic E-state index is -0.934. The van der Waals surface area contributed by atoms with Crippen LogP contribution >= 0.6 is 0 Å². The van der Waals surface area contributed by atoms with E-state index >= 15 is 0 Å². The zero-order chi connectivity index (χ0) is 15.2. The van der Waals surface area contributed by atoms with E-state index in [2.05, 4.69) is 13.8 Å². The van der Waals surface area contributed by atoms with Crippen LogP contribution in [-0.2, 0) is 6.42 Å². The van der Waals surface area contributed by atoms with E-state index in [1.807, 2.05) is 0 Å². The van der Waals surface area contributed by atoms with Crippen LogP contribution in [0.1, 0.15) is 51.5 Å². The Balaban J connectivity index is 1.98. The molecule has 0 radical (unpaired) electrons. The van der Waals surface area contributed by atoms with Gasteiger partial charge >= 0.3 is 0 Å². The normalized spacial score (nSPS) is 15.2. The van der Waals surface area contributed by atoms with Crippen molar-refractivity contribution < 1.29 is 18.3 Å². The van der Waals surface area contributed by atoms with E-state index in [4.69, 9.17) is 9.47 Å². The van der Waals surface area contributed by atoms with Gasteiger partial charge in [0, 0.05) is 5.56 Å². The molecule has 1 heterocycles. The summed E-state index contributed by atoms with van der Waals surface area (Å²) in [6, 6.07) is 1.59. The van der Waals surface area contributed by atoms with Gasteiger partial charge < -0.3 is 9.47 Å². The Labute approximate surface area is 125 Å². The Morgan fingerprint density at radius 3 is 2.86 bits per heavy atom. The third-order valence-corrected chi connectivity index (χ3v) is 3.87. The lowest BCUT2D eigenvalue weighted by Crippen LogP contribution is -2.14. The fraction of sp³-hybridized carbons (Fsp3) is 0.647. The number of ether oxygens (including phenoxy) is 2. The van der Waals surface area contributed by atoms with Crippen LogP contribution in [-0.4, -0.2) is 13.2 Å². The van der Waals surface area contributed by atoms with Crippen LogP contribution in [0.25, 0.3) is 0 Å². The van der Waals surface area contributed by atoms with Gasteiger partial charge in [-0.1, -0.05) is 33.1 Å². The van der Waals surface area contributed by atoms with Crippen LogP contribution < -0.4 is 9.47 Å². The molecule has 0 saturated carbocycles. The molecule has 1 aromatic rings. The van der Waals surface area contributed by atoms with E-state index in [0.717, 1.165) is 19.3 Å². The maximum Gasteiger partial charge on any atom is 0.204 e. The maximum atomic E-state index is 14.0. The average molecular weight is 298 g/mol. The van der Waals surface area contributed by atoms with Crippen LogP contribution in [0.2, 0.25) is 0 Å². The summed E-state index contributed by atoms with van der Waals surface area (Å²) in [5.74, 6) is -1.44. The molecule has 1 unspecified atom stereocenters. The molecule has 118 valence electrons. The fourth-order valence-electron chi connectivity index (χ4n) is 2.58. The van der Waals surface area contributed by atoms with Gasteiger partial charge in [-0.05, 0) is 31.2 Å². The Kier molecular flexibility index (Phi) is 5.83. The molecule has 4 heteroatoms. The number of hydrogen-bond acceptors (Lipinski definition) is 2. The number of aryl methyl sites for hydroxylation is 1. The van der Waals surface area contributed by atoms with Crippen molar-refractivity contribution >= 4 is 0 Å². The number of unbranched alkanes of at least 4 members (excludes halogenated alkanes) is 2. The molecule has 2 rings (SSSR count). The first-order chi connectivity index (χ1) is 10.1. The minimum absolute atomic E-state index is 0.0130. The highest BCUT2D eigenvalue weighted by molar-refractivity contribution is 5.44. The van der Waals surface area contributed by atoms with Gasteiger partial charge in [0.15, 0.2) is 11.5 Å². The van der Waals surface area contributed by atoms with E-state index < -0.39 is 11.6 Å². The predicted molar refractivity (Wildman–Crippen MR) is 79.0 cm³/mol. The van der Waals surface area contributed by atoms with Crippen LogP contribution in [0, 0.1) is 17.6 Å². The van der Waals surface area contributed by atoms with Crippen molar-refractivity contribution in [3.63, 3.8) is 0 Å². The summed E-state index contributed by atoms with van der Waals surface area (Å²) in [4.78, 5) is 0. The maximum absolute atomic E-state index is 14.0. The molecule has 0 saturated heterocycles. The first-order valence-corrected chi connectivity index (χ1v) is 7.90. The molecule has 0 spiro atoms. The molecule has 21 heavy (non-hydrogen) atoms. The van der Waals surface area contributed by atoms with Gasteiger partial charge in [-0.2, -0.15) is 8.78 Å². The van der Waals surface area contributed by atoms with Crippen molar-refractivity contribution in [3.8, 4) is 11.5 Å². The highest BCUT2D eigenvalue weighted by atomic mass is 19.2. The second-order valence-corrected chi connectivity index (χ2v) is 5.85. The first kappa shape index (κ1) is 16.1. The predicted octanol–water partition coefficient (Wildman–Crippen LogP) is 4.89. The van der Waals surface area contributed by atoms with Crippen molar-refractivity contribution in [2.45, 2.75) is 52.4 Å². The highest BCUT2D eigenvalue weighted by Gasteiger charge is 2.23. The van der Waals surface area contributed by atoms with Gasteiger partial charge in [0.2, 0.25) is 11.6 Å². The Morgan fingerprint density at radius 2 is 2.10 bits per heavy atom. The number of halogens is 2. The lowest BCUT2D eigenvalue weighted by Gasteiger charge is -2.20. The Morgan fingerprint density at radius 1 is 1.29 bits per heavy atom. The molecule has 1 aliphatic rings. The largest absolute Gasteiger partial charge is 0.490 e. The van der Waals surface area contributed by atoms with Crippen LogP contribution in [0.4, 0.5) is 8.78 Å². The average Bonchev–Trinajstić information content (AvgIpc) is 2.50. The first-order valence-electron chi connectivity index (χ1n) is 7.90. The van der Waals surface area contributed by atoms with Gasteiger partial charge in [0.25, 0.3) is 0 Å². The molecule has 1 aliphatic heterocycles. The smallest absolute Gasteiger partial charge is 0.204 e. The van der Waals surface area contributed by atoms with E-state index in [1.54, 1.807) is 6.07 Å². The summed E-state index contributed by atoms with van der Waals surface area (Å²) in [5.41, 5.74) is 0.703. The molecular weight excluding hydrogens is 274 g/mol. The van der Waals surface area contributed by atoms with E-state index in [0.29, 0.717) is 31.1 Å². The summed E-state index contributed by atoms with van der Waals surface area (Å²) in [6.45, 7) is 5.09. The second-order valence-electron chi connectivity index (χ2n) is 5.85. The topological polar surface area (TPSA) is 18.5 Å². The Hall–Kier alpha value is -1.32. The standard InChI is InChI=1S/C17H24F2O2/c1-3-4-5-7-12(2)11-21-14-10-13-8-6-9-20-17(13)16(19)15(14)18/h10,12H,3-9,11H2,1-2H3. The van der Waals surface area contributed by atoms with Crippen molar-refractivity contribution in [2.75, 3.05) is 13.2 Å². The fourth-order valence-corrected chi connectivity index (χ4v) is 2.58. The molecule has 2 nitrogen and oxygen atoms in total. The van der Waals surface area contributed by atoms with Crippen LogP contribution in [0.3, 0.4) is 0 Å². The van der Waals surface area contributed by atoms with E-state index in [1.165, 1.54) is 12.8 Å². The lowest BCUT2D eigenvalue weighted by molar-refractivity contribution is 0.228. The van der Waals surface area contributed by atoms with E-state index in [9.17, 15) is 8.78 Å². The molecule has 0 aliphatic carbocycles. The van der Waals surface area contributed by atoms with Gasteiger partial charge in [-0.25, -0.2) is 0 Å². The quantitative estimate of drug-likeness (QED) is 0.668. The van der Waals surface area contributed by atoms with Crippen LogP contribution in [0.5, 0.6) is 11.5 Å². The summed E-state index contributed by atoms with van der Waals surface area (Å²) in [6.07, 6.45) is 6.10. The molecule has 0 amide bonds. The van der Waals surface area contributed by atoms with Crippen molar-refractivity contribution in [1.82, 2.24) is 0 Å². The van der Waals surface area contributed by atoms with E-state index in [-0.39, 0.29) is 11.5 Å². The monoisotopic (exact) mass is 298 g/mol. The Bertz CT molecular complexity index is 474. The molecule has 0 bridgehead atoms. The lowest BCUT2D eigenvalue weighted by atomic mass is 10.0. The summed E-state index contributed by atoms with van der Waals surface area (Å²) in [5, 5.41) is 0. The van der Waals surface area contributed by atoms with Crippen molar-refractivity contribution in [2.24, 2.45) is 5.92 Å². The molecule has 0 aromatic heterocycles. The SMILES string of the molecule is CCCCCC(C)COc1cc2c(c(F)c1F)OCCC2. The zero-order valence-electron chi connectivity index (χ0n) is 12.9. The second kappa shape index (κ2) is 7.62. The third kappa shape index (κ3) is 4.08. The summed E-state index contributed by atoms with van der Waals surface area (Å²) < 4.78 is 38.6. The minimum Gasteiger partial charge on any atom is -0.490 e. The summed E-state index contributed by atoms with van der Waals surface area (Å²) in [7, 11) is 0. The highest BCUT2D eigenvalue weighted by Crippen LogP contribution is 2.35. The zero-order valence-corrected chi connectivity index (χ0v) is 12.9. The number of hydrogen-bond donors (Lipinski definition) is 0. The van der Waals surface area contributed by atoms with Gasteiger partial charge in [-0.3, -0.25) is 0 Å². The number of rotatable bonds is 7. The van der Waals surface area contributed by atoms with Crippen molar-refractivity contribution in [3.05, 3.63) is 23.3 Å². The molecule has 1 aromatic carbocycles. The summed E-state index contributed by atoms with van der Waals surface area (Å²) >= 11 is 0.